The molecule has 7 nitrogen and oxygen atoms in total. The molecule has 0 bridgehead atoms. The molecule has 3 aromatic rings. The van der Waals surface area contributed by atoms with E-state index in [0.717, 1.165) is 56.1 Å². The van der Waals surface area contributed by atoms with Crippen LogP contribution < -0.4 is 10.2 Å². The molecule has 0 unspecified atom stereocenters. The van der Waals surface area contributed by atoms with Gasteiger partial charge in [0, 0.05) is 26.2 Å². The maximum atomic E-state index is 13.7. The number of benzene rings is 2. The van der Waals surface area contributed by atoms with Crippen LogP contribution in [-0.2, 0) is 4.74 Å². The number of carbonyl (C=O) groups excluding carboxylic acids is 1. The highest BCUT2D eigenvalue weighted by molar-refractivity contribution is 5.99. The summed E-state index contributed by atoms with van der Waals surface area (Å²) in [5.41, 5.74) is 2.59. The molecule has 0 N–H and O–H groups in total. The zero-order chi connectivity index (χ0) is 23.7. The summed E-state index contributed by atoms with van der Waals surface area (Å²) >= 11 is 0. The number of hydrogen-bond donors (Lipinski definition) is 0. The smallest absolute Gasteiger partial charge is 0.290 e. The molecule has 0 radical (unpaired) electrons. The topological polar surface area (TPSA) is 72.2 Å². The van der Waals surface area contributed by atoms with E-state index in [1.165, 1.54) is 0 Å². The Balaban J connectivity index is 1.52. The maximum Gasteiger partial charge on any atom is 0.290 e. The van der Waals surface area contributed by atoms with Gasteiger partial charge in [-0.25, -0.2) is 0 Å². The number of hydrogen-bond acceptors (Lipinski definition) is 6. The van der Waals surface area contributed by atoms with E-state index in [4.69, 9.17) is 13.9 Å². The average Bonchev–Trinajstić information content (AvgIpc) is 3.13. The minimum Gasteiger partial charge on any atom is -0.494 e. The Hall–Kier alpha value is -3.16. The molecule has 2 aromatic carbocycles. The summed E-state index contributed by atoms with van der Waals surface area (Å²) in [4.78, 5) is 31.3. The van der Waals surface area contributed by atoms with E-state index >= 15 is 0 Å². The van der Waals surface area contributed by atoms with E-state index < -0.39 is 6.04 Å². The predicted molar refractivity (Wildman–Crippen MR) is 130 cm³/mol. The molecule has 1 aromatic heterocycles. The number of carbonyl (C=O) groups is 1. The first-order valence-electron chi connectivity index (χ1n) is 12.0. The largest absolute Gasteiger partial charge is 0.494 e. The molecule has 3 heterocycles. The monoisotopic (exact) mass is 462 g/mol. The first-order valence-corrected chi connectivity index (χ1v) is 12.0. The fourth-order valence-electron chi connectivity index (χ4n) is 4.91. The number of amides is 1. The Kier molecular flexibility index (Phi) is 6.39. The Morgan fingerprint density at radius 1 is 1.03 bits per heavy atom. The fraction of sp³-hybridized carbons (Fsp3) is 0.407. The first kappa shape index (κ1) is 22.6. The SMILES string of the molecule is CCOc1ccc([C@@H]2c3c(oc4ccc(C)cc4c3=O)C(=O)N2CCCN2CCOCC2)cc1. The van der Waals surface area contributed by atoms with Crippen LogP contribution >= 0.6 is 0 Å². The van der Waals surface area contributed by atoms with Gasteiger partial charge in [0.1, 0.15) is 11.3 Å². The molecular formula is C27H30N2O5. The van der Waals surface area contributed by atoms with E-state index in [9.17, 15) is 9.59 Å². The standard InChI is InChI=1S/C27H30N2O5/c1-3-33-20-8-6-19(7-9-20)24-23-25(30)21-17-18(2)5-10-22(21)34-26(23)27(31)29(24)12-4-11-28-13-15-32-16-14-28/h5-10,17,24H,3-4,11-16H2,1-2H3/t24-/m1/s1. The van der Waals surface area contributed by atoms with Gasteiger partial charge in [-0.15, -0.1) is 0 Å². The van der Waals surface area contributed by atoms with Crippen molar-refractivity contribution in [2.75, 3.05) is 46.0 Å². The van der Waals surface area contributed by atoms with Gasteiger partial charge in [-0.05, 0) is 50.1 Å². The van der Waals surface area contributed by atoms with Crippen LogP contribution in [0.25, 0.3) is 11.0 Å². The van der Waals surface area contributed by atoms with Gasteiger partial charge in [0.2, 0.25) is 5.76 Å². The van der Waals surface area contributed by atoms with Gasteiger partial charge in [0.05, 0.1) is 36.8 Å². The minimum atomic E-state index is -0.482. The van der Waals surface area contributed by atoms with Crippen LogP contribution in [0.4, 0.5) is 0 Å². The summed E-state index contributed by atoms with van der Waals surface area (Å²) < 4.78 is 17.1. The van der Waals surface area contributed by atoms with Gasteiger partial charge >= 0.3 is 0 Å². The summed E-state index contributed by atoms with van der Waals surface area (Å²) in [5, 5.41) is 0.512. The fourth-order valence-corrected chi connectivity index (χ4v) is 4.91. The summed E-state index contributed by atoms with van der Waals surface area (Å²) in [7, 11) is 0. The number of morpholine rings is 1. The van der Waals surface area contributed by atoms with Crippen LogP contribution in [0.2, 0.25) is 0 Å². The van der Waals surface area contributed by atoms with Crippen molar-refractivity contribution in [1.29, 1.82) is 0 Å². The molecule has 1 atom stereocenters. The van der Waals surface area contributed by atoms with Crippen molar-refractivity contribution < 1.29 is 18.7 Å². The summed E-state index contributed by atoms with van der Waals surface area (Å²) in [6, 6.07) is 12.7. The van der Waals surface area contributed by atoms with Crippen LogP contribution in [0.5, 0.6) is 5.75 Å². The third-order valence-electron chi connectivity index (χ3n) is 6.61. The first-order chi connectivity index (χ1) is 16.6. The van der Waals surface area contributed by atoms with Gasteiger partial charge in [-0.3, -0.25) is 14.5 Å². The second-order valence-electron chi connectivity index (χ2n) is 8.88. The molecule has 34 heavy (non-hydrogen) atoms. The molecule has 178 valence electrons. The van der Waals surface area contributed by atoms with Crippen LogP contribution in [0, 0.1) is 6.92 Å². The molecule has 2 aliphatic heterocycles. The average molecular weight is 463 g/mol. The third kappa shape index (κ3) is 4.21. The van der Waals surface area contributed by atoms with E-state index in [2.05, 4.69) is 4.90 Å². The van der Waals surface area contributed by atoms with Gasteiger partial charge in [0.25, 0.3) is 5.91 Å². The molecule has 5 rings (SSSR count). The lowest BCUT2D eigenvalue weighted by molar-refractivity contribution is 0.0353. The zero-order valence-electron chi connectivity index (χ0n) is 19.7. The normalized spacial score (nSPS) is 18.5. The number of ether oxygens (including phenoxy) is 2. The van der Waals surface area contributed by atoms with E-state index in [-0.39, 0.29) is 17.1 Å². The molecule has 0 spiro atoms. The molecule has 1 saturated heterocycles. The third-order valence-corrected chi connectivity index (χ3v) is 6.61. The highest BCUT2D eigenvalue weighted by Crippen LogP contribution is 2.38. The lowest BCUT2D eigenvalue weighted by atomic mass is 9.98. The minimum absolute atomic E-state index is 0.136. The van der Waals surface area contributed by atoms with Crippen molar-refractivity contribution in [2.24, 2.45) is 0 Å². The molecule has 1 fully saturated rings. The van der Waals surface area contributed by atoms with E-state index in [1.807, 2.05) is 50.2 Å². The van der Waals surface area contributed by atoms with Crippen LogP contribution in [0.3, 0.4) is 0 Å². The van der Waals surface area contributed by atoms with Crippen molar-refractivity contribution in [3.63, 3.8) is 0 Å². The van der Waals surface area contributed by atoms with E-state index in [1.54, 1.807) is 11.0 Å². The number of rotatable bonds is 7. The van der Waals surface area contributed by atoms with Crippen molar-refractivity contribution in [3.8, 4) is 5.75 Å². The van der Waals surface area contributed by atoms with Crippen molar-refractivity contribution in [3.05, 3.63) is 75.1 Å². The molecule has 0 saturated carbocycles. The van der Waals surface area contributed by atoms with Crippen LogP contribution in [0.1, 0.15) is 46.6 Å². The molecule has 0 aliphatic carbocycles. The Bertz CT molecular complexity index is 1240. The van der Waals surface area contributed by atoms with Crippen LogP contribution in [-0.4, -0.2) is 61.7 Å². The lowest BCUT2D eigenvalue weighted by Gasteiger charge is -2.29. The van der Waals surface area contributed by atoms with Gasteiger partial charge in [0.15, 0.2) is 5.43 Å². The second-order valence-corrected chi connectivity index (χ2v) is 8.88. The second kappa shape index (κ2) is 9.60. The van der Waals surface area contributed by atoms with Crippen molar-refractivity contribution in [2.45, 2.75) is 26.3 Å². The maximum absolute atomic E-state index is 13.7. The van der Waals surface area contributed by atoms with Gasteiger partial charge < -0.3 is 18.8 Å². The molecule has 2 aliphatic rings. The quantitative estimate of drug-likeness (QED) is 0.532. The summed E-state index contributed by atoms with van der Waals surface area (Å²) in [6.07, 6.45) is 0.806. The van der Waals surface area contributed by atoms with Gasteiger partial charge in [-0.2, -0.15) is 0 Å². The van der Waals surface area contributed by atoms with Crippen molar-refractivity contribution in [1.82, 2.24) is 9.80 Å². The molecular weight excluding hydrogens is 432 g/mol. The Morgan fingerprint density at radius 2 is 1.79 bits per heavy atom. The summed E-state index contributed by atoms with van der Waals surface area (Å²) in [6.45, 7) is 9.17. The van der Waals surface area contributed by atoms with Crippen LogP contribution in [0.15, 0.2) is 51.7 Å². The summed E-state index contributed by atoms with van der Waals surface area (Å²) in [5.74, 6) is 0.692. The van der Waals surface area contributed by atoms with Gasteiger partial charge in [-0.1, -0.05) is 23.8 Å². The molecule has 1 amide bonds. The molecule has 7 heteroatoms. The Morgan fingerprint density at radius 3 is 2.53 bits per heavy atom. The van der Waals surface area contributed by atoms with Crippen molar-refractivity contribution >= 4 is 16.9 Å². The highest BCUT2D eigenvalue weighted by atomic mass is 16.5. The zero-order valence-corrected chi connectivity index (χ0v) is 19.7. The lowest BCUT2D eigenvalue weighted by Crippen LogP contribution is -2.38. The number of aryl methyl sites for hydroxylation is 1. The highest BCUT2D eigenvalue weighted by Gasteiger charge is 2.42. The Labute approximate surface area is 198 Å². The number of fused-ring (bicyclic) bond motifs is 2. The number of nitrogens with zero attached hydrogens (tertiary/aromatic N) is 2. The van der Waals surface area contributed by atoms with E-state index in [0.29, 0.717) is 29.7 Å². The predicted octanol–water partition coefficient (Wildman–Crippen LogP) is 3.77.